The summed E-state index contributed by atoms with van der Waals surface area (Å²) < 4.78 is 11.1. The third kappa shape index (κ3) is 13.4. The predicted octanol–water partition coefficient (Wildman–Crippen LogP) is 8.52. The number of nitrogens with zero attached hydrogens (tertiary/aromatic N) is 1. The highest BCUT2D eigenvalue weighted by Gasteiger charge is 2.23. The van der Waals surface area contributed by atoms with Gasteiger partial charge < -0.3 is 19.7 Å². The Kier molecular flexibility index (Phi) is 16.7. The fourth-order valence-electron chi connectivity index (χ4n) is 4.50. The third-order valence-corrected chi connectivity index (χ3v) is 6.96. The van der Waals surface area contributed by atoms with E-state index in [0.717, 1.165) is 31.3 Å². The predicted molar refractivity (Wildman–Crippen MR) is 176 cm³/mol. The van der Waals surface area contributed by atoms with Gasteiger partial charge in [-0.05, 0) is 77.3 Å². The minimum Gasteiger partial charge on any atom is -0.462 e. The molecular formula is C36H50N2O5. The molecule has 0 bridgehead atoms. The molecule has 0 atom stereocenters. The molecule has 0 unspecified atom stereocenters. The minimum absolute atomic E-state index is 0.109. The summed E-state index contributed by atoms with van der Waals surface area (Å²) in [5.74, 6) is -1.09. The van der Waals surface area contributed by atoms with Crippen LogP contribution in [0.3, 0.4) is 0 Å². The lowest BCUT2D eigenvalue weighted by molar-refractivity contribution is -0.123. The number of unbranched alkanes of at least 4 members (excludes halogenated alkanes) is 5. The zero-order chi connectivity index (χ0) is 31.5. The van der Waals surface area contributed by atoms with Crippen molar-refractivity contribution in [3.05, 3.63) is 83.0 Å². The molecule has 0 saturated heterocycles. The summed E-state index contributed by atoms with van der Waals surface area (Å²) in [6, 6.07) is 13.8. The molecule has 7 nitrogen and oxygen atoms in total. The fraction of sp³-hybridized carbons (Fsp3) is 0.472. The lowest BCUT2D eigenvalue weighted by Crippen LogP contribution is -2.36. The number of ether oxygens (including phenoxy) is 2. The van der Waals surface area contributed by atoms with Gasteiger partial charge in [0.2, 0.25) is 0 Å². The summed E-state index contributed by atoms with van der Waals surface area (Å²) in [4.78, 5) is 41.1. The Balaban J connectivity index is 2.33. The normalized spacial score (nSPS) is 11.1. The SMILES string of the molecule is CCCCCCCCOCC(=O)N(C/C=C(\C)CCC=C(C)C)c1cc(NC(=O)c2ccccc2)ccc1C(=O)OCC. The fourth-order valence-corrected chi connectivity index (χ4v) is 4.50. The highest BCUT2D eigenvalue weighted by atomic mass is 16.5. The van der Waals surface area contributed by atoms with Crippen LogP contribution in [0, 0.1) is 0 Å². The van der Waals surface area contributed by atoms with E-state index in [1.807, 2.05) is 19.1 Å². The molecule has 1 N–H and O–H groups in total. The third-order valence-electron chi connectivity index (χ3n) is 6.96. The second-order valence-electron chi connectivity index (χ2n) is 11.0. The molecule has 0 fully saturated rings. The van der Waals surface area contributed by atoms with E-state index in [1.54, 1.807) is 54.3 Å². The maximum atomic E-state index is 13.6. The van der Waals surface area contributed by atoms with Gasteiger partial charge >= 0.3 is 5.97 Å². The molecule has 7 heteroatoms. The maximum absolute atomic E-state index is 13.6. The van der Waals surface area contributed by atoms with Crippen LogP contribution >= 0.6 is 0 Å². The topological polar surface area (TPSA) is 84.9 Å². The van der Waals surface area contributed by atoms with Crippen molar-refractivity contribution in [2.45, 2.75) is 86.0 Å². The number of hydrogen-bond acceptors (Lipinski definition) is 5. The van der Waals surface area contributed by atoms with Gasteiger partial charge in [-0.15, -0.1) is 0 Å². The molecule has 0 heterocycles. The number of rotatable bonds is 19. The van der Waals surface area contributed by atoms with Gasteiger partial charge in [-0.2, -0.15) is 0 Å². The Morgan fingerprint density at radius 2 is 1.60 bits per heavy atom. The van der Waals surface area contributed by atoms with E-state index in [-0.39, 0.29) is 37.1 Å². The number of carbonyl (C=O) groups is 3. The van der Waals surface area contributed by atoms with Crippen molar-refractivity contribution in [1.82, 2.24) is 0 Å². The Morgan fingerprint density at radius 1 is 0.884 bits per heavy atom. The first kappa shape index (κ1) is 35.5. The number of nitrogens with one attached hydrogen (secondary N) is 1. The molecular weight excluding hydrogens is 540 g/mol. The van der Waals surface area contributed by atoms with Gasteiger partial charge in [-0.25, -0.2) is 4.79 Å². The highest BCUT2D eigenvalue weighted by molar-refractivity contribution is 6.07. The number of anilines is 2. The second kappa shape index (κ2) is 20.2. The zero-order valence-electron chi connectivity index (χ0n) is 26.7. The summed E-state index contributed by atoms with van der Waals surface area (Å²) in [5.41, 5.74) is 3.98. The molecule has 2 rings (SSSR count). The molecule has 2 aromatic carbocycles. The van der Waals surface area contributed by atoms with Crippen LogP contribution in [0.25, 0.3) is 0 Å². The summed E-state index contributed by atoms with van der Waals surface area (Å²) in [6.07, 6.45) is 12.8. The van der Waals surface area contributed by atoms with Crippen LogP contribution < -0.4 is 10.2 Å². The van der Waals surface area contributed by atoms with E-state index in [0.29, 0.717) is 23.5 Å². The largest absolute Gasteiger partial charge is 0.462 e. The molecule has 0 aliphatic heterocycles. The molecule has 43 heavy (non-hydrogen) atoms. The highest BCUT2D eigenvalue weighted by Crippen LogP contribution is 2.27. The average Bonchev–Trinajstić information content (AvgIpc) is 2.99. The van der Waals surface area contributed by atoms with Crippen LogP contribution in [0.4, 0.5) is 11.4 Å². The molecule has 2 amide bonds. The summed E-state index contributed by atoms with van der Waals surface area (Å²) in [7, 11) is 0. The van der Waals surface area contributed by atoms with Gasteiger partial charge in [-0.3, -0.25) is 9.59 Å². The first-order valence-corrected chi connectivity index (χ1v) is 15.6. The van der Waals surface area contributed by atoms with Crippen LogP contribution in [0.1, 0.15) is 107 Å². The van der Waals surface area contributed by atoms with Gasteiger partial charge in [0.1, 0.15) is 6.61 Å². The molecule has 0 aromatic heterocycles. The molecule has 234 valence electrons. The van der Waals surface area contributed by atoms with E-state index in [9.17, 15) is 14.4 Å². The lowest BCUT2D eigenvalue weighted by atomic mass is 10.1. The second-order valence-corrected chi connectivity index (χ2v) is 11.0. The van der Waals surface area contributed by atoms with Crippen molar-refractivity contribution in [2.24, 2.45) is 0 Å². The molecule has 0 aliphatic rings. The quantitative estimate of drug-likeness (QED) is 0.101. The summed E-state index contributed by atoms with van der Waals surface area (Å²) >= 11 is 0. The van der Waals surface area contributed by atoms with Crippen LogP contribution in [0.15, 0.2) is 71.8 Å². The van der Waals surface area contributed by atoms with E-state index in [4.69, 9.17) is 9.47 Å². The van der Waals surface area contributed by atoms with Crippen LogP contribution in [0.2, 0.25) is 0 Å². The number of carbonyl (C=O) groups excluding carboxylic acids is 3. The standard InChI is InChI=1S/C36H50N2O5/c1-6-8-9-10-11-15-25-42-27-34(39)38(24-23-29(5)18-16-17-28(3)4)33-26-31(21-22-32(33)36(41)43-7-2)37-35(40)30-19-13-12-14-20-30/h12-14,17,19-23,26H,6-11,15-16,18,24-25,27H2,1-5H3,(H,37,40)/b29-23+. The van der Waals surface area contributed by atoms with Crippen LogP contribution in [0.5, 0.6) is 0 Å². The minimum atomic E-state index is -0.534. The van der Waals surface area contributed by atoms with Gasteiger partial charge in [0.25, 0.3) is 11.8 Å². The van der Waals surface area contributed by atoms with Gasteiger partial charge in [0.05, 0.1) is 17.9 Å². The van der Waals surface area contributed by atoms with Crippen LogP contribution in [-0.2, 0) is 14.3 Å². The number of benzene rings is 2. The Hall–Kier alpha value is -3.71. The maximum Gasteiger partial charge on any atom is 0.340 e. The first-order valence-electron chi connectivity index (χ1n) is 15.6. The van der Waals surface area contributed by atoms with Crippen molar-refractivity contribution in [3.63, 3.8) is 0 Å². The Morgan fingerprint density at radius 3 is 2.30 bits per heavy atom. The first-order chi connectivity index (χ1) is 20.8. The van der Waals surface area contributed by atoms with Crippen LogP contribution in [-0.4, -0.2) is 44.1 Å². The zero-order valence-corrected chi connectivity index (χ0v) is 26.7. The molecule has 0 saturated carbocycles. The molecule has 0 radical (unpaired) electrons. The van der Waals surface area contributed by atoms with Crippen molar-refractivity contribution in [2.75, 3.05) is 36.6 Å². The summed E-state index contributed by atoms with van der Waals surface area (Å²) in [6.45, 7) is 11.0. The molecule has 0 aliphatic carbocycles. The number of amides is 2. The molecule has 2 aromatic rings. The number of hydrogen-bond donors (Lipinski definition) is 1. The van der Waals surface area contributed by atoms with Crippen molar-refractivity contribution in [3.8, 4) is 0 Å². The Labute approximate surface area is 258 Å². The lowest BCUT2D eigenvalue weighted by Gasteiger charge is -2.25. The van der Waals surface area contributed by atoms with Gasteiger partial charge in [-0.1, -0.05) is 80.5 Å². The monoisotopic (exact) mass is 590 g/mol. The average molecular weight is 591 g/mol. The Bertz CT molecular complexity index is 1220. The van der Waals surface area contributed by atoms with E-state index >= 15 is 0 Å². The van der Waals surface area contributed by atoms with E-state index < -0.39 is 5.97 Å². The number of allylic oxidation sites excluding steroid dienone is 3. The molecule has 0 spiro atoms. The van der Waals surface area contributed by atoms with Gasteiger partial charge in [0.15, 0.2) is 0 Å². The van der Waals surface area contributed by atoms with Crippen molar-refractivity contribution in [1.29, 1.82) is 0 Å². The van der Waals surface area contributed by atoms with Crippen molar-refractivity contribution >= 4 is 29.2 Å². The summed E-state index contributed by atoms with van der Waals surface area (Å²) in [5, 5.41) is 2.89. The van der Waals surface area contributed by atoms with E-state index in [2.05, 4.69) is 32.2 Å². The van der Waals surface area contributed by atoms with Crippen molar-refractivity contribution < 1.29 is 23.9 Å². The number of esters is 1. The van der Waals surface area contributed by atoms with E-state index in [1.165, 1.54) is 31.3 Å². The van der Waals surface area contributed by atoms with Gasteiger partial charge in [0, 0.05) is 24.4 Å². The smallest absolute Gasteiger partial charge is 0.340 e.